The first kappa shape index (κ1) is 31.9. The van der Waals surface area contributed by atoms with E-state index < -0.39 is 0 Å². The summed E-state index contributed by atoms with van der Waals surface area (Å²) in [5.41, 5.74) is 4.86. The van der Waals surface area contributed by atoms with Crippen LogP contribution in [0.5, 0.6) is 5.75 Å². The Morgan fingerprint density at radius 1 is 0.837 bits per heavy atom. The van der Waals surface area contributed by atoms with Crippen molar-refractivity contribution in [3.63, 3.8) is 0 Å². The van der Waals surface area contributed by atoms with Crippen molar-refractivity contribution in [3.05, 3.63) is 83.4 Å². The first-order valence-corrected chi connectivity index (χ1v) is 15.3. The van der Waals surface area contributed by atoms with Crippen LogP contribution >= 0.6 is 0 Å². The van der Waals surface area contributed by atoms with E-state index in [9.17, 15) is 9.59 Å². The van der Waals surface area contributed by atoms with Gasteiger partial charge in [-0.1, -0.05) is 58.9 Å². The third-order valence-corrected chi connectivity index (χ3v) is 8.17. The number of methoxy groups -OCH3 is 1. The minimum atomic E-state index is -0.202. The monoisotopic (exact) mass is 585 g/mol. The highest BCUT2D eigenvalue weighted by Gasteiger charge is 2.24. The zero-order chi connectivity index (χ0) is 31.0. The Hall–Kier alpha value is -4.04. The van der Waals surface area contributed by atoms with Gasteiger partial charge in [-0.05, 0) is 66.5 Å². The van der Waals surface area contributed by atoms with Crippen LogP contribution in [0.4, 0.5) is 17.1 Å². The summed E-state index contributed by atoms with van der Waals surface area (Å²) in [6.07, 6.45) is 0. The third kappa shape index (κ3) is 8.08. The van der Waals surface area contributed by atoms with Crippen LogP contribution in [0.2, 0.25) is 0 Å². The molecule has 0 saturated carbocycles. The molecule has 0 spiro atoms. The average Bonchev–Trinajstić information content (AvgIpc) is 3.02. The predicted octanol–water partition coefficient (Wildman–Crippen LogP) is 5.64. The van der Waals surface area contributed by atoms with Crippen LogP contribution in [0.25, 0.3) is 0 Å². The molecule has 43 heavy (non-hydrogen) atoms. The topological polar surface area (TPSA) is 77.2 Å². The van der Waals surface area contributed by atoms with Gasteiger partial charge in [0.15, 0.2) is 0 Å². The number of hydrogen-bond donors (Lipinski definition) is 2. The molecular weight excluding hydrogens is 538 g/mol. The van der Waals surface area contributed by atoms with Gasteiger partial charge in [0.2, 0.25) is 0 Å². The SMILES string of the molecule is CCN(CC)CCNC(=O)c1cc(NC(=O)c2ccc(C(C)(C)C)cc2)ccc1N1CCN(c2ccccc2OC)CC1. The molecule has 1 heterocycles. The second kappa shape index (κ2) is 14.4. The molecule has 1 aliphatic heterocycles. The number of para-hydroxylation sites is 2. The molecule has 0 aromatic heterocycles. The summed E-state index contributed by atoms with van der Waals surface area (Å²) in [5, 5.41) is 6.12. The number of nitrogens with one attached hydrogen (secondary N) is 2. The molecule has 0 bridgehead atoms. The molecule has 8 heteroatoms. The van der Waals surface area contributed by atoms with E-state index in [0.717, 1.165) is 62.9 Å². The van der Waals surface area contributed by atoms with Crippen molar-refractivity contribution in [2.75, 3.05) is 74.6 Å². The lowest BCUT2D eigenvalue weighted by molar-refractivity contribution is 0.0948. The lowest BCUT2D eigenvalue weighted by atomic mass is 9.87. The Morgan fingerprint density at radius 2 is 1.47 bits per heavy atom. The third-order valence-electron chi connectivity index (χ3n) is 8.17. The van der Waals surface area contributed by atoms with Crippen molar-refractivity contribution in [1.29, 1.82) is 0 Å². The Morgan fingerprint density at radius 3 is 2.07 bits per heavy atom. The minimum absolute atomic E-state index is 0.0109. The summed E-state index contributed by atoms with van der Waals surface area (Å²) in [7, 11) is 1.70. The Labute approximate surface area is 257 Å². The number of carbonyl (C=O) groups is 2. The maximum absolute atomic E-state index is 13.6. The highest BCUT2D eigenvalue weighted by Crippen LogP contribution is 2.31. The van der Waals surface area contributed by atoms with Gasteiger partial charge in [-0.3, -0.25) is 9.59 Å². The van der Waals surface area contributed by atoms with Gasteiger partial charge in [-0.2, -0.15) is 0 Å². The molecule has 0 radical (unpaired) electrons. The zero-order valence-corrected chi connectivity index (χ0v) is 26.6. The van der Waals surface area contributed by atoms with E-state index in [2.05, 4.69) is 66.0 Å². The fraction of sp³-hybridized carbons (Fsp3) is 0.429. The summed E-state index contributed by atoms with van der Waals surface area (Å²) in [6.45, 7) is 17.0. The van der Waals surface area contributed by atoms with Gasteiger partial charge in [0.1, 0.15) is 5.75 Å². The standard InChI is InChI=1S/C35H47N5O3/c1-7-38(8-2)20-19-36-34(42)29-25-28(37-33(41)26-13-15-27(16-14-26)35(3,4)5)17-18-30(29)39-21-23-40(24-22-39)31-11-9-10-12-32(31)43-6/h9-18,25H,7-8,19-24H2,1-6H3,(H,36,42)(H,37,41). The van der Waals surface area contributed by atoms with Gasteiger partial charge in [0, 0.05) is 56.2 Å². The summed E-state index contributed by atoms with van der Waals surface area (Å²) in [6, 6.07) is 21.4. The number of amides is 2. The number of benzene rings is 3. The second-order valence-corrected chi connectivity index (χ2v) is 11.9. The number of piperazine rings is 1. The Balaban J connectivity index is 1.53. The number of anilines is 3. The molecule has 1 fully saturated rings. The molecular formula is C35H47N5O3. The molecule has 8 nitrogen and oxygen atoms in total. The van der Waals surface area contributed by atoms with E-state index in [1.165, 1.54) is 5.56 Å². The number of likely N-dealkylation sites (N-methyl/N-ethyl adjacent to an activating group) is 1. The molecule has 3 aromatic carbocycles. The Bertz CT molecular complexity index is 1370. The van der Waals surface area contributed by atoms with Crippen molar-refractivity contribution in [2.45, 2.75) is 40.0 Å². The molecule has 3 aromatic rings. The van der Waals surface area contributed by atoms with Crippen molar-refractivity contribution in [1.82, 2.24) is 10.2 Å². The summed E-state index contributed by atoms with van der Waals surface area (Å²) in [4.78, 5) is 33.6. The lowest BCUT2D eigenvalue weighted by Gasteiger charge is -2.38. The normalized spacial score (nSPS) is 13.7. The maximum atomic E-state index is 13.6. The predicted molar refractivity (Wildman–Crippen MR) is 177 cm³/mol. The number of nitrogens with zero attached hydrogens (tertiary/aromatic N) is 3. The fourth-order valence-electron chi connectivity index (χ4n) is 5.44. The molecule has 4 rings (SSSR count). The Kier molecular flexibility index (Phi) is 10.7. The van der Waals surface area contributed by atoms with Crippen LogP contribution in [-0.4, -0.2) is 76.2 Å². The number of carbonyl (C=O) groups excluding carboxylic acids is 2. The molecule has 0 unspecified atom stereocenters. The van der Waals surface area contributed by atoms with E-state index in [-0.39, 0.29) is 17.2 Å². The first-order chi connectivity index (χ1) is 20.6. The van der Waals surface area contributed by atoms with Gasteiger partial charge in [-0.15, -0.1) is 0 Å². The smallest absolute Gasteiger partial charge is 0.255 e. The van der Waals surface area contributed by atoms with Crippen LogP contribution in [0.15, 0.2) is 66.7 Å². The summed E-state index contributed by atoms with van der Waals surface area (Å²) >= 11 is 0. The number of hydrogen-bond acceptors (Lipinski definition) is 6. The van der Waals surface area contributed by atoms with Crippen molar-refractivity contribution < 1.29 is 14.3 Å². The first-order valence-electron chi connectivity index (χ1n) is 15.3. The molecule has 1 saturated heterocycles. The number of rotatable bonds is 11. The van der Waals surface area contributed by atoms with Gasteiger partial charge in [-0.25, -0.2) is 0 Å². The molecule has 0 aliphatic carbocycles. The van der Waals surface area contributed by atoms with E-state index in [0.29, 0.717) is 23.4 Å². The van der Waals surface area contributed by atoms with Crippen molar-refractivity contribution in [3.8, 4) is 5.75 Å². The van der Waals surface area contributed by atoms with E-state index in [1.807, 2.05) is 54.6 Å². The van der Waals surface area contributed by atoms with E-state index in [4.69, 9.17) is 4.74 Å². The summed E-state index contributed by atoms with van der Waals surface area (Å²) in [5.74, 6) is 0.517. The molecule has 230 valence electrons. The molecule has 2 N–H and O–H groups in total. The zero-order valence-electron chi connectivity index (χ0n) is 26.6. The van der Waals surface area contributed by atoms with E-state index in [1.54, 1.807) is 13.2 Å². The van der Waals surface area contributed by atoms with Crippen LogP contribution in [0, 0.1) is 0 Å². The van der Waals surface area contributed by atoms with Gasteiger partial charge in [0.05, 0.1) is 18.4 Å². The van der Waals surface area contributed by atoms with Gasteiger partial charge < -0.3 is 30.1 Å². The quantitative estimate of drug-likeness (QED) is 0.303. The maximum Gasteiger partial charge on any atom is 0.255 e. The van der Waals surface area contributed by atoms with Crippen molar-refractivity contribution >= 4 is 28.9 Å². The summed E-state index contributed by atoms with van der Waals surface area (Å²) < 4.78 is 5.58. The van der Waals surface area contributed by atoms with Crippen molar-refractivity contribution in [2.24, 2.45) is 0 Å². The van der Waals surface area contributed by atoms with Gasteiger partial charge in [0.25, 0.3) is 11.8 Å². The van der Waals surface area contributed by atoms with Gasteiger partial charge >= 0.3 is 0 Å². The highest BCUT2D eigenvalue weighted by molar-refractivity contribution is 6.06. The van der Waals surface area contributed by atoms with Crippen LogP contribution in [0.3, 0.4) is 0 Å². The molecule has 0 atom stereocenters. The highest BCUT2D eigenvalue weighted by atomic mass is 16.5. The van der Waals surface area contributed by atoms with E-state index >= 15 is 0 Å². The number of ether oxygens (including phenoxy) is 1. The largest absolute Gasteiger partial charge is 0.495 e. The molecule has 1 aliphatic rings. The average molecular weight is 586 g/mol. The molecule has 2 amide bonds. The van der Waals surface area contributed by atoms with Crippen LogP contribution in [0.1, 0.15) is 60.9 Å². The fourth-order valence-corrected chi connectivity index (χ4v) is 5.44. The minimum Gasteiger partial charge on any atom is -0.495 e. The lowest BCUT2D eigenvalue weighted by Crippen LogP contribution is -2.47. The second-order valence-electron chi connectivity index (χ2n) is 11.9. The van der Waals surface area contributed by atoms with Crippen LogP contribution < -0.4 is 25.2 Å². The van der Waals surface area contributed by atoms with Crippen LogP contribution in [-0.2, 0) is 5.41 Å².